The van der Waals surface area contributed by atoms with E-state index in [-0.39, 0.29) is 0 Å². The van der Waals surface area contributed by atoms with Crippen LogP contribution in [0.4, 0.5) is 0 Å². The zero-order chi connectivity index (χ0) is 12.7. The fraction of sp³-hybridized carbons (Fsp3) is 0.833. The third-order valence-electron chi connectivity index (χ3n) is 2.55. The lowest BCUT2D eigenvalue weighted by Gasteiger charge is -2.14. The number of hydrogen-bond acceptors (Lipinski definition) is 5. The maximum Gasteiger partial charge on any atom is 0.226 e. The van der Waals surface area contributed by atoms with Gasteiger partial charge < -0.3 is 10.3 Å². The Kier molecular flexibility index (Phi) is 6.58. The van der Waals surface area contributed by atoms with Crippen molar-refractivity contribution in [1.29, 1.82) is 0 Å². The van der Waals surface area contributed by atoms with Gasteiger partial charge in [0.1, 0.15) is 0 Å². The average Bonchev–Trinajstić information content (AvgIpc) is 2.72. The molecule has 0 fully saturated rings. The van der Waals surface area contributed by atoms with Crippen LogP contribution in [0.1, 0.15) is 38.9 Å². The van der Waals surface area contributed by atoms with Crippen molar-refractivity contribution in [3.8, 4) is 0 Å². The molecule has 4 nitrogen and oxygen atoms in total. The SMILES string of the molecule is CCSCc1noc(C[C@@H](CN)CC(C)C)n1. The maximum absolute atomic E-state index is 5.76. The summed E-state index contributed by atoms with van der Waals surface area (Å²) in [7, 11) is 0. The summed E-state index contributed by atoms with van der Waals surface area (Å²) in [5, 5.41) is 3.97. The summed E-state index contributed by atoms with van der Waals surface area (Å²) in [5.74, 6) is 4.53. The van der Waals surface area contributed by atoms with E-state index in [9.17, 15) is 0 Å². The maximum atomic E-state index is 5.76. The van der Waals surface area contributed by atoms with Crippen LogP contribution in [0.3, 0.4) is 0 Å². The van der Waals surface area contributed by atoms with Crippen molar-refractivity contribution >= 4 is 11.8 Å². The minimum atomic E-state index is 0.446. The Balaban J connectivity index is 2.46. The lowest BCUT2D eigenvalue weighted by Crippen LogP contribution is -2.19. The highest BCUT2D eigenvalue weighted by molar-refractivity contribution is 7.98. The lowest BCUT2D eigenvalue weighted by atomic mass is 9.94. The van der Waals surface area contributed by atoms with E-state index in [1.54, 1.807) is 11.8 Å². The van der Waals surface area contributed by atoms with Crippen molar-refractivity contribution in [2.75, 3.05) is 12.3 Å². The van der Waals surface area contributed by atoms with Gasteiger partial charge >= 0.3 is 0 Å². The van der Waals surface area contributed by atoms with Gasteiger partial charge in [-0.3, -0.25) is 0 Å². The zero-order valence-corrected chi connectivity index (χ0v) is 11.8. The normalized spacial score (nSPS) is 13.2. The zero-order valence-electron chi connectivity index (χ0n) is 11.0. The van der Waals surface area contributed by atoms with Crippen LogP contribution in [0.5, 0.6) is 0 Å². The van der Waals surface area contributed by atoms with Crippen LogP contribution >= 0.6 is 11.8 Å². The van der Waals surface area contributed by atoms with Gasteiger partial charge in [-0.05, 0) is 30.6 Å². The van der Waals surface area contributed by atoms with Gasteiger partial charge in [0.25, 0.3) is 0 Å². The van der Waals surface area contributed by atoms with Gasteiger partial charge in [0.05, 0.1) is 5.75 Å². The van der Waals surface area contributed by atoms with Crippen LogP contribution < -0.4 is 5.73 Å². The minimum Gasteiger partial charge on any atom is -0.339 e. The van der Waals surface area contributed by atoms with Gasteiger partial charge in [-0.15, -0.1) is 0 Å². The smallest absolute Gasteiger partial charge is 0.226 e. The highest BCUT2D eigenvalue weighted by Gasteiger charge is 2.14. The molecule has 0 saturated heterocycles. The number of rotatable bonds is 8. The fourth-order valence-corrected chi connectivity index (χ4v) is 2.31. The fourth-order valence-electron chi connectivity index (χ4n) is 1.80. The number of nitrogens with zero attached hydrogens (tertiary/aromatic N) is 2. The first-order valence-electron chi connectivity index (χ1n) is 6.25. The van der Waals surface area contributed by atoms with Crippen molar-refractivity contribution in [3.05, 3.63) is 11.7 Å². The number of aromatic nitrogens is 2. The molecule has 0 aliphatic carbocycles. The van der Waals surface area contributed by atoms with Gasteiger partial charge in [-0.25, -0.2) is 0 Å². The van der Waals surface area contributed by atoms with Crippen LogP contribution in [0, 0.1) is 11.8 Å². The monoisotopic (exact) mass is 257 g/mol. The third kappa shape index (κ3) is 5.55. The van der Waals surface area contributed by atoms with E-state index in [4.69, 9.17) is 10.3 Å². The van der Waals surface area contributed by atoms with E-state index < -0.39 is 0 Å². The minimum absolute atomic E-state index is 0.446. The summed E-state index contributed by atoms with van der Waals surface area (Å²) in [6, 6.07) is 0. The largest absolute Gasteiger partial charge is 0.339 e. The van der Waals surface area contributed by atoms with E-state index in [1.807, 2.05) is 0 Å². The molecule has 5 heteroatoms. The third-order valence-corrected chi connectivity index (χ3v) is 3.42. The standard InChI is InChI=1S/C12H23N3OS/c1-4-17-8-11-14-12(16-15-11)6-10(7-13)5-9(2)3/h9-10H,4-8,13H2,1-3H3/t10-/m0/s1. The molecule has 0 saturated carbocycles. The van der Waals surface area contributed by atoms with E-state index in [0.717, 1.165) is 36.1 Å². The van der Waals surface area contributed by atoms with Crippen molar-refractivity contribution < 1.29 is 4.52 Å². The molecule has 98 valence electrons. The van der Waals surface area contributed by atoms with Crippen LogP contribution in [-0.2, 0) is 12.2 Å². The summed E-state index contributed by atoms with van der Waals surface area (Å²) in [4.78, 5) is 4.39. The Morgan fingerprint density at radius 1 is 1.41 bits per heavy atom. The first kappa shape index (κ1) is 14.5. The van der Waals surface area contributed by atoms with E-state index in [0.29, 0.717) is 18.4 Å². The molecule has 1 aromatic heterocycles. The second kappa shape index (κ2) is 7.71. The Morgan fingerprint density at radius 2 is 2.18 bits per heavy atom. The summed E-state index contributed by atoms with van der Waals surface area (Å²) < 4.78 is 5.25. The van der Waals surface area contributed by atoms with Crippen LogP contribution in [0.2, 0.25) is 0 Å². The molecule has 1 rings (SSSR count). The molecule has 0 radical (unpaired) electrons. The number of hydrogen-bond donors (Lipinski definition) is 1. The van der Waals surface area contributed by atoms with Crippen molar-refractivity contribution in [2.24, 2.45) is 17.6 Å². The predicted molar refractivity (Wildman–Crippen MR) is 71.8 cm³/mol. The first-order valence-corrected chi connectivity index (χ1v) is 7.40. The molecule has 1 heterocycles. The molecule has 0 bridgehead atoms. The summed E-state index contributed by atoms with van der Waals surface area (Å²) >= 11 is 1.80. The van der Waals surface area contributed by atoms with Crippen molar-refractivity contribution in [1.82, 2.24) is 10.1 Å². The van der Waals surface area contributed by atoms with Crippen LogP contribution in [0.15, 0.2) is 4.52 Å². The van der Waals surface area contributed by atoms with Gasteiger partial charge in [-0.2, -0.15) is 16.7 Å². The predicted octanol–water partition coefficient (Wildman–Crippen LogP) is 2.49. The second-order valence-electron chi connectivity index (χ2n) is 4.68. The van der Waals surface area contributed by atoms with Gasteiger partial charge in [0.2, 0.25) is 5.89 Å². The molecule has 0 spiro atoms. The summed E-state index contributed by atoms with van der Waals surface area (Å²) in [6.45, 7) is 7.22. The average molecular weight is 257 g/mol. The molecular formula is C12H23N3OS. The van der Waals surface area contributed by atoms with E-state index >= 15 is 0 Å². The molecule has 0 unspecified atom stereocenters. The highest BCUT2D eigenvalue weighted by Crippen LogP contribution is 2.16. The van der Waals surface area contributed by atoms with Crippen LogP contribution in [0.25, 0.3) is 0 Å². The molecule has 1 aromatic rings. The molecule has 2 N–H and O–H groups in total. The lowest BCUT2D eigenvalue weighted by molar-refractivity contribution is 0.330. The molecular weight excluding hydrogens is 234 g/mol. The second-order valence-corrected chi connectivity index (χ2v) is 5.95. The van der Waals surface area contributed by atoms with Crippen molar-refractivity contribution in [3.63, 3.8) is 0 Å². The van der Waals surface area contributed by atoms with Gasteiger partial charge in [0, 0.05) is 6.42 Å². The summed E-state index contributed by atoms with van der Waals surface area (Å²) in [5.41, 5.74) is 5.76. The molecule has 0 aliphatic heterocycles. The quantitative estimate of drug-likeness (QED) is 0.775. The first-order chi connectivity index (χ1) is 8.15. The molecule has 17 heavy (non-hydrogen) atoms. The molecule has 0 aliphatic rings. The topological polar surface area (TPSA) is 64.9 Å². The Bertz CT molecular complexity index is 314. The van der Waals surface area contributed by atoms with Gasteiger partial charge in [-0.1, -0.05) is 25.9 Å². The Morgan fingerprint density at radius 3 is 2.76 bits per heavy atom. The van der Waals surface area contributed by atoms with Crippen LogP contribution in [-0.4, -0.2) is 22.4 Å². The van der Waals surface area contributed by atoms with E-state index in [2.05, 4.69) is 30.9 Å². The number of thioether (sulfide) groups is 1. The van der Waals surface area contributed by atoms with Gasteiger partial charge in [0.15, 0.2) is 5.82 Å². The molecule has 1 atom stereocenters. The number of nitrogens with two attached hydrogens (primary N) is 1. The van der Waals surface area contributed by atoms with E-state index in [1.165, 1.54) is 0 Å². The van der Waals surface area contributed by atoms with Crippen molar-refractivity contribution in [2.45, 2.75) is 39.4 Å². The Hall–Kier alpha value is -0.550. The molecule has 0 aromatic carbocycles. The molecule has 0 amide bonds. The highest BCUT2D eigenvalue weighted by atomic mass is 32.2. The summed E-state index contributed by atoms with van der Waals surface area (Å²) in [6.07, 6.45) is 1.91. The Labute approximate surface area is 108 Å².